The van der Waals surface area contributed by atoms with Crippen LogP contribution in [0.15, 0.2) is 47.4 Å². The molecule has 0 spiro atoms. The number of thiazole rings is 1. The number of sulfonamides is 1. The lowest BCUT2D eigenvalue weighted by molar-refractivity contribution is 0.0962. The first kappa shape index (κ1) is 21.5. The fourth-order valence-corrected chi connectivity index (χ4v) is 6.01. The van der Waals surface area contributed by atoms with Gasteiger partial charge in [0.05, 0.1) is 22.2 Å². The monoisotopic (exact) mass is 460 g/mol. The predicted octanol–water partition coefficient (Wildman–Crippen LogP) is 3.48. The third-order valence-electron chi connectivity index (χ3n) is 5.25. The summed E-state index contributed by atoms with van der Waals surface area (Å²) in [7, 11) is -1.94. The molecule has 8 nitrogen and oxygen atoms in total. The van der Waals surface area contributed by atoms with Gasteiger partial charge in [0, 0.05) is 18.7 Å². The summed E-state index contributed by atoms with van der Waals surface area (Å²) in [6.07, 6.45) is 1.91. The van der Waals surface area contributed by atoms with Crippen LogP contribution in [0.1, 0.15) is 30.1 Å². The fraction of sp³-hybridized carbons (Fsp3) is 0.333. The van der Waals surface area contributed by atoms with E-state index in [4.69, 9.17) is 4.74 Å². The number of hydrazine groups is 1. The molecule has 2 N–H and O–H groups in total. The topological polar surface area (TPSA) is 101 Å². The zero-order chi connectivity index (χ0) is 22.0. The van der Waals surface area contributed by atoms with Gasteiger partial charge >= 0.3 is 0 Å². The molecule has 1 aliphatic heterocycles. The van der Waals surface area contributed by atoms with Crippen LogP contribution >= 0.6 is 11.3 Å². The van der Waals surface area contributed by atoms with Gasteiger partial charge in [-0.1, -0.05) is 18.3 Å². The number of carbonyl (C=O) groups is 1. The van der Waals surface area contributed by atoms with Crippen LogP contribution in [-0.4, -0.2) is 43.8 Å². The molecule has 1 aliphatic rings. The van der Waals surface area contributed by atoms with E-state index in [-0.39, 0.29) is 10.8 Å². The Labute approximate surface area is 185 Å². The zero-order valence-corrected chi connectivity index (χ0v) is 18.9. The Kier molecular flexibility index (Phi) is 6.12. The highest BCUT2D eigenvalue weighted by molar-refractivity contribution is 7.89. The van der Waals surface area contributed by atoms with E-state index in [2.05, 4.69) is 22.8 Å². The molecule has 0 radical (unpaired) electrons. The molecule has 1 fully saturated rings. The van der Waals surface area contributed by atoms with Crippen molar-refractivity contribution >= 4 is 42.6 Å². The number of ether oxygens (including phenoxy) is 1. The lowest BCUT2D eigenvalue weighted by Gasteiger charge is -2.30. The SMILES string of the molecule is COc1ccc2nc(NNC(=O)c3ccc(S(=O)(=O)N4CCCC(C)C4)cc3)sc2c1. The second-order valence-electron chi connectivity index (χ2n) is 7.57. The van der Waals surface area contributed by atoms with E-state index in [1.54, 1.807) is 7.11 Å². The number of nitrogens with one attached hydrogen (secondary N) is 2. The Balaban J connectivity index is 1.41. The molecule has 2 aromatic carbocycles. The smallest absolute Gasteiger partial charge is 0.269 e. The summed E-state index contributed by atoms with van der Waals surface area (Å²) < 4.78 is 33.4. The summed E-state index contributed by atoms with van der Waals surface area (Å²) in [6, 6.07) is 11.5. The van der Waals surface area contributed by atoms with Crippen molar-refractivity contribution in [3.63, 3.8) is 0 Å². The molecule has 0 aliphatic carbocycles. The molecule has 1 saturated heterocycles. The van der Waals surface area contributed by atoms with Crippen LogP contribution in [0, 0.1) is 5.92 Å². The highest BCUT2D eigenvalue weighted by Crippen LogP contribution is 2.29. The van der Waals surface area contributed by atoms with Crippen molar-refractivity contribution in [1.29, 1.82) is 0 Å². The van der Waals surface area contributed by atoms with Crippen LogP contribution in [0.4, 0.5) is 5.13 Å². The number of anilines is 1. The van der Waals surface area contributed by atoms with Gasteiger partial charge in [-0.15, -0.1) is 0 Å². The van der Waals surface area contributed by atoms with Crippen LogP contribution in [0.2, 0.25) is 0 Å². The Morgan fingerprint density at radius 2 is 2.00 bits per heavy atom. The molecule has 3 aromatic rings. The van der Waals surface area contributed by atoms with E-state index in [9.17, 15) is 13.2 Å². The van der Waals surface area contributed by atoms with Crippen molar-refractivity contribution in [2.75, 3.05) is 25.6 Å². The molecule has 0 bridgehead atoms. The Hall–Kier alpha value is -2.69. The molecule has 4 rings (SSSR count). The first-order chi connectivity index (χ1) is 14.9. The largest absolute Gasteiger partial charge is 0.497 e. The van der Waals surface area contributed by atoms with Gasteiger partial charge < -0.3 is 4.74 Å². The average molecular weight is 461 g/mol. The summed E-state index contributed by atoms with van der Waals surface area (Å²) in [5, 5.41) is 0.537. The number of methoxy groups -OCH3 is 1. The summed E-state index contributed by atoms with van der Waals surface area (Å²) in [6.45, 7) is 3.12. The van der Waals surface area contributed by atoms with Crippen LogP contribution in [0.25, 0.3) is 10.2 Å². The first-order valence-corrected chi connectivity index (χ1v) is 12.2. The maximum absolute atomic E-state index is 12.9. The minimum atomic E-state index is -3.55. The van der Waals surface area contributed by atoms with E-state index in [1.165, 1.54) is 39.9 Å². The minimum Gasteiger partial charge on any atom is -0.497 e. The molecule has 164 valence electrons. The number of rotatable bonds is 6. The van der Waals surface area contributed by atoms with Crippen LogP contribution in [0.5, 0.6) is 5.75 Å². The number of aromatic nitrogens is 1. The van der Waals surface area contributed by atoms with Gasteiger partial charge in [0.15, 0.2) is 0 Å². The van der Waals surface area contributed by atoms with Gasteiger partial charge in [0.2, 0.25) is 15.2 Å². The molecule has 0 saturated carbocycles. The number of benzene rings is 2. The highest BCUT2D eigenvalue weighted by atomic mass is 32.2. The average Bonchev–Trinajstić information content (AvgIpc) is 3.19. The lowest BCUT2D eigenvalue weighted by Crippen LogP contribution is -2.39. The predicted molar refractivity (Wildman–Crippen MR) is 121 cm³/mol. The summed E-state index contributed by atoms with van der Waals surface area (Å²) in [5.41, 5.74) is 6.56. The van der Waals surface area contributed by atoms with Gasteiger partial charge in [-0.25, -0.2) is 13.4 Å². The van der Waals surface area contributed by atoms with Crippen LogP contribution < -0.4 is 15.6 Å². The number of carbonyl (C=O) groups excluding carboxylic acids is 1. The van der Waals surface area contributed by atoms with E-state index >= 15 is 0 Å². The number of amides is 1. The molecule has 1 amide bonds. The van der Waals surface area contributed by atoms with Crippen molar-refractivity contribution in [1.82, 2.24) is 14.7 Å². The van der Waals surface area contributed by atoms with E-state index < -0.39 is 10.0 Å². The quantitative estimate of drug-likeness (QED) is 0.546. The Morgan fingerprint density at radius 1 is 1.23 bits per heavy atom. The summed E-state index contributed by atoms with van der Waals surface area (Å²) in [5.74, 6) is 0.705. The molecule has 31 heavy (non-hydrogen) atoms. The van der Waals surface area contributed by atoms with Crippen molar-refractivity contribution in [3.05, 3.63) is 48.0 Å². The molecule has 10 heteroatoms. The number of hydrogen-bond acceptors (Lipinski definition) is 7. The van der Waals surface area contributed by atoms with Gasteiger partial charge in [-0.3, -0.25) is 15.6 Å². The standard InChI is InChI=1S/C21H24N4O4S2/c1-14-4-3-11-25(13-14)31(27,28)17-8-5-15(6-9-17)20(26)23-24-21-22-18-10-7-16(29-2)12-19(18)30-21/h5-10,12,14H,3-4,11,13H2,1-2H3,(H,22,24)(H,23,26). The number of nitrogens with zero attached hydrogens (tertiary/aromatic N) is 2. The maximum Gasteiger partial charge on any atom is 0.269 e. The van der Waals surface area contributed by atoms with Crippen LogP contribution in [-0.2, 0) is 10.0 Å². The van der Waals surface area contributed by atoms with Crippen molar-refractivity contribution in [3.8, 4) is 5.75 Å². The van der Waals surface area contributed by atoms with Gasteiger partial charge in [0.1, 0.15) is 5.75 Å². The Bertz CT molecular complexity index is 1190. The van der Waals surface area contributed by atoms with E-state index in [1.807, 2.05) is 18.2 Å². The van der Waals surface area contributed by atoms with E-state index in [0.29, 0.717) is 29.7 Å². The third-order valence-corrected chi connectivity index (χ3v) is 8.07. The summed E-state index contributed by atoms with van der Waals surface area (Å²) in [4.78, 5) is 17.1. The second kappa shape index (κ2) is 8.81. The number of piperidine rings is 1. The molecule has 1 atom stereocenters. The van der Waals surface area contributed by atoms with Crippen molar-refractivity contribution < 1.29 is 17.9 Å². The van der Waals surface area contributed by atoms with Crippen molar-refractivity contribution in [2.45, 2.75) is 24.7 Å². The van der Waals surface area contributed by atoms with Gasteiger partial charge in [-0.2, -0.15) is 4.31 Å². The lowest BCUT2D eigenvalue weighted by atomic mass is 10.0. The van der Waals surface area contributed by atoms with Crippen molar-refractivity contribution in [2.24, 2.45) is 5.92 Å². The molecular weight excluding hydrogens is 436 g/mol. The molecule has 1 unspecified atom stereocenters. The first-order valence-electron chi connectivity index (χ1n) is 9.98. The second-order valence-corrected chi connectivity index (χ2v) is 10.5. The maximum atomic E-state index is 12.9. The highest BCUT2D eigenvalue weighted by Gasteiger charge is 2.28. The minimum absolute atomic E-state index is 0.200. The zero-order valence-electron chi connectivity index (χ0n) is 17.3. The third kappa shape index (κ3) is 4.65. The molecule has 2 heterocycles. The normalized spacial score (nSPS) is 17.4. The molecule has 1 aromatic heterocycles. The van der Waals surface area contributed by atoms with Gasteiger partial charge in [0.25, 0.3) is 5.91 Å². The fourth-order valence-electron chi connectivity index (χ4n) is 3.56. The Morgan fingerprint density at radius 3 is 2.71 bits per heavy atom. The number of fused-ring (bicyclic) bond motifs is 1. The van der Waals surface area contributed by atoms with E-state index in [0.717, 1.165) is 28.8 Å². The molecular formula is C21H24N4O4S2. The summed E-state index contributed by atoms with van der Waals surface area (Å²) >= 11 is 1.38. The van der Waals surface area contributed by atoms with Crippen LogP contribution in [0.3, 0.4) is 0 Å². The van der Waals surface area contributed by atoms with Gasteiger partial charge in [-0.05, 0) is 61.2 Å². The number of hydrogen-bond donors (Lipinski definition) is 2.